The molecule has 292 valence electrons. The molecule has 1 aliphatic rings. The van der Waals surface area contributed by atoms with E-state index < -0.39 is 0 Å². The van der Waals surface area contributed by atoms with Crippen molar-refractivity contribution in [3.63, 3.8) is 0 Å². The van der Waals surface area contributed by atoms with Crippen molar-refractivity contribution in [3.8, 4) is 44.5 Å². The number of anilines is 3. The first-order valence-electron chi connectivity index (χ1n) is 21.1. The summed E-state index contributed by atoms with van der Waals surface area (Å²) in [5.41, 5.74) is 15.8. The molecule has 1 aromatic heterocycles. The summed E-state index contributed by atoms with van der Waals surface area (Å²) >= 11 is 1.86. The van der Waals surface area contributed by atoms with Gasteiger partial charge < -0.3 is 4.90 Å². The molecule has 0 atom stereocenters. The molecule has 0 N–H and O–H groups in total. The summed E-state index contributed by atoms with van der Waals surface area (Å²) in [5.74, 6) is 0. The topological polar surface area (TPSA) is 3.24 Å². The summed E-state index contributed by atoms with van der Waals surface area (Å²) in [6.45, 7) is 5.25. The van der Waals surface area contributed by atoms with Gasteiger partial charge in [0.05, 0.1) is 0 Å². The van der Waals surface area contributed by atoms with Crippen molar-refractivity contribution in [2.24, 2.45) is 0 Å². The van der Waals surface area contributed by atoms with Gasteiger partial charge in [-0.25, -0.2) is 0 Å². The van der Waals surface area contributed by atoms with Crippen LogP contribution in [0.1, 0.15) is 24.5 Å². The highest BCUT2D eigenvalue weighted by atomic mass is 32.1. The summed E-state index contributed by atoms with van der Waals surface area (Å²) in [4.78, 5) is 2.37. The van der Waals surface area contributed by atoms with Gasteiger partial charge in [-0.1, -0.05) is 152 Å². The van der Waals surface area contributed by atoms with Crippen LogP contribution in [0.5, 0.6) is 0 Å². The van der Waals surface area contributed by atoms with Gasteiger partial charge in [-0.05, 0) is 153 Å². The Balaban J connectivity index is 0.00000144. The fraction of sp³-hybridized carbons (Fsp3) is 0.0508. The summed E-state index contributed by atoms with van der Waals surface area (Å²) in [6, 6.07) is 73.7. The Labute approximate surface area is 362 Å². The SMILES string of the molecule is C1=Cc2c(ccc3cc(-c4cccc(-c5cccc(N(c6ccc(-c7ccccc7)cc6)c6ccc(-c7ccc8sc9ccccc9c8c7)cc6)c5)c4)ccc23)CC1.C=CC. The van der Waals surface area contributed by atoms with Crippen LogP contribution in [0.4, 0.5) is 17.1 Å². The zero-order valence-electron chi connectivity index (χ0n) is 34.3. The molecule has 1 aliphatic carbocycles. The van der Waals surface area contributed by atoms with E-state index in [4.69, 9.17) is 0 Å². The molecule has 9 aromatic carbocycles. The predicted molar refractivity (Wildman–Crippen MR) is 266 cm³/mol. The molecule has 0 fully saturated rings. The Bertz CT molecular complexity index is 3210. The first-order valence-corrected chi connectivity index (χ1v) is 21.9. The first kappa shape index (κ1) is 38.0. The van der Waals surface area contributed by atoms with Crippen molar-refractivity contribution in [3.05, 3.63) is 230 Å². The van der Waals surface area contributed by atoms with Gasteiger partial charge in [0.15, 0.2) is 0 Å². The summed E-state index contributed by atoms with van der Waals surface area (Å²) in [7, 11) is 0. The second-order valence-electron chi connectivity index (χ2n) is 15.7. The highest BCUT2D eigenvalue weighted by Crippen LogP contribution is 2.41. The van der Waals surface area contributed by atoms with Crippen molar-refractivity contribution in [1.29, 1.82) is 0 Å². The largest absolute Gasteiger partial charge is 0.310 e. The van der Waals surface area contributed by atoms with Gasteiger partial charge in [0.2, 0.25) is 0 Å². The molecule has 0 saturated heterocycles. The van der Waals surface area contributed by atoms with E-state index in [0.29, 0.717) is 0 Å². The smallest absolute Gasteiger partial charge is 0.0467 e. The van der Waals surface area contributed by atoms with Crippen molar-refractivity contribution in [1.82, 2.24) is 0 Å². The van der Waals surface area contributed by atoms with E-state index in [9.17, 15) is 0 Å². The van der Waals surface area contributed by atoms with Crippen LogP contribution in [0.3, 0.4) is 0 Å². The maximum absolute atomic E-state index is 3.36. The number of hydrogen-bond acceptors (Lipinski definition) is 2. The second-order valence-corrected chi connectivity index (χ2v) is 16.7. The molecule has 2 heteroatoms. The fourth-order valence-electron chi connectivity index (χ4n) is 8.73. The van der Waals surface area contributed by atoms with Crippen molar-refractivity contribution in [2.75, 3.05) is 4.90 Å². The maximum atomic E-state index is 3.36. The molecular formula is C59H45NS. The second kappa shape index (κ2) is 16.8. The number of aryl methyl sites for hydroxylation is 1. The van der Waals surface area contributed by atoms with E-state index in [2.05, 4.69) is 224 Å². The van der Waals surface area contributed by atoms with Crippen LogP contribution in [0, 0.1) is 0 Å². The van der Waals surface area contributed by atoms with E-state index in [1.807, 2.05) is 18.3 Å². The molecule has 10 aromatic rings. The highest BCUT2D eigenvalue weighted by molar-refractivity contribution is 7.25. The zero-order valence-corrected chi connectivity index (χ0v) is 35.1. The summed E-state index contributed by atoms with van der Waals surface area (Å²) in [5, 5.41) is 5.27. The molecule has 1 nitrogen and oxygen atoms in total. The van der Waals surface area contributed by atoms with E-state index in [-0.39, 0.29) is 0 Å². The van der Waals surface area contributed by atoms with Gasteiger partial charge >= 0.3 is 0 Å². The molecule has 0 unspecified atom stereocenters. The van der Waals surface area contributed by atoms with Crippen LogP contribution in [-0.4, -0.2) is 0 Å². The van der Waals surface area contributed by atoms with Gasteiger partial charge in [0, 0.05) is 37.2 Å². The van der Waals surface area contributed by atoms with Crippen LogP contribution in [0.2, 0.25) is 0 Å². The highest BCUT2D eigenvalue weighted by Gasteiger charge is 2.16. The minimum absolute atomic E-state index is 1.11. The molecule has 61 heavy (non-hydrogen) atoms. The zero-order chi connectivity index (χ0) is 41.1. The number of nitrogens with zero attached hydrogens (tertiary/aromatic N) is 1. The van der Waals surface area contributed by atoms with Gasteiger partial charge in [0.25, 0.3) is 0 Å². The Morgan fingerprint density at radius 2 is 1.00 bits per heavy atom. The lowest BCUT2D eigenvalue weighted by Gasteiger charge is -2.26. The van der Waals surface area contributed by atoms with Crippen LogP contribution >= 0.6 is 11.3 Å². The van der Waals surface area contributed by atoms with Gasteiger partial charge in [-0.3, -0.25) is 0 Å². The molecule has 0 bridgehead atoms. The van der Waals surface area contributed by atoms with Crippen LogP contribution in [0.25, 0.3) is 81.5 Å². The average Bonchev–Trinajstić information content (AvgIpc) is 3.71. The molecule has 0 radical (unpaired) electrons. The molecular weight excluding hydrogens is 755 g/mol. The number of fused-ring (bicyclic) bond motifs is 6. The number of rotatable bonds is 7. The molecule has 0 saturated carbocycles. The van der Waals surface area contributed by atoms with E-state index in [0.717, 1.165) is 29.9 Å². The lowest BCUT2D eigenvalue weighted by Crippen LogP contribution is -2.10. The quantitative estimate of drug-likeness (QED) is 0.145. The number of benzene rings is 9. The van der Waals surface area contributed by atoms with Crippen LogP contribution in [-0.2, 0) is 6.42 Å². The molecule has 0 spiro atoms. The Morgan fingerprint density at radius 1 is 0.443 bits per heavy atom. The molecule has 11 rings (SSSR count). The maximum Gasteiger partial charge on any atom is 0.0467 e. The summed E-state index contributed by atoms with van der Waals surface area (Å²) in [6.07, 6.45) is 8.60. The van der Waals surface area contributed by atoms with E-state index in [1.54, 1.807) is 6.08 Å². The van der Waals surface area contributed by atoms with Crippen molar-refractivity contribution >= 4 is 65.4 Å². The third-order valence-corrected chi connectivity index (χ3v) is 12.9. The van der Waals surface area contributed by atoms with Gasteiger partial charge in [0.1, 0.15) is 0 Å². The normalized spacial score (nSPS) is 11.9. The minimum Gasteiger partial charge on any atom is -0.310 e. The third-order valence-electron chi connectivity index (χ3n) is 11.7. The van der Waals surface area contributed by atoms with Crippen molar-refractivity contribution in [2.45, 2.75) is 19.8 Å². The average molecular weight is 800 g/mol. The van der Waals surface area contributed by atoms with Gasteiger partial charge in [-0.15, -0.1) is 17.9 Å². The Hall–Kier alpha value is -7.26. The predicted octanol–water partition coefficient (Wildman–Crippen LogP) is 17.5. The molecule has 1 heterocycles. The standard InChI is InChI=1S/C56H39NS.C3H6/c1-2-10-38(11-3-1)39-22-28-48(29-23-39)57(49-30-24-40(25-31-49)46-27-33-56-54(37-46)53-18-6-7-19-55(53)58-56)50-16-9-15-44(36-50)42-13-8-14-43(34-42)45-26-32-52-47(35-45)21-20-41-12-4-5-17-51(41)52;1-3-2/h1-3,5-11,13-37H,4,12H2;3H,1H2,2H3. The Kier molecular flexibility index (Phi) is 10.4. The number of hydrogen-bond donors (Lipinski definition) is 0. The lowest BCUT2D eigenvalue weighted by atomic mass is 9.90. The monoisotopic (exact) mass is 799 g/mol. The first-order chi connectivity index (χ1) is 30.1. The fourth-order valence-corrected chi connectivity index (χ4v) is 9.81. The Morgan fingerprint density at radius 3 is 1.75 bits per heavy atom. The van der Waals surface area contributed by atoms with Crippen LogP contribution in [0.15, 0.2) is 219 Å². The van der Waals surface area contributed by atoms with Crippen LogP contribution < -0.4 is 4.90 Å². The van der Waals surface area contributed by atoms with Gasteiger partial charge in [-0.2, -0.15) is 0 Å². The van der Waals surface area contributed by atoms with E-state index >= 15 is 0 Å². The lowest BCUT2D eigenvalue weighted by molar-refractivity contribution is 0.990. The minimum atomic E-state index is 1.11. The number of allylic oxidation sites excluding steroid dienone is 2. The molecule has 0 aliphatic heterocycles. The summed E-state index contributed by atoms with van der Waals surface area (Å²) < 4.78 is 2.66. The molecule has 0 amide bonds. The third kappa shape index (κ3) is 7.59. The van der Waals surface area contributed by atoms with Crippen molar-refractivity contribution < 1.29 is 0 Å². The van der Waals surface area contributed by atoms with E-state index in [1.165, 1.54) is 86.6 Å². The number of thiophene rings is 1.